The molecule has 1 heterocycles. The average molecular weight is 293 g/mol. The number of benzene rings is 1. The Bertz CT molecular complexity index is 554. The fourth-order valence-corrected chi connectivity index (χ4v) is 2.97. The van der Waals surface area contributed by atoms with E-state index in [0.717, 1.165) is 6.07 Å². The molecule has 1 aromatic rings. The Morgan fingerprint density at radius 2 is 1.68 bits per heavy atom. The summed E-state index contributed by atoms with van der Waals surface area (Å²) in [6, 6.07) is 5.33. The molecule has 2 N–H and O–H groups in total. The summed E-state index contributed by atoms with van der Waals surface area (Å²) in [5.41, 5.74) is 0.0680. The van der Waals surface area contributed by atoms with Crippen LogP contribution in [0.4, 0.5) is 14.5 Å². The first kappa shape index (κ1) is 14.2. The maximum Gasteiger partial charge on any atom is 0.341 e. The number of halogens is 2. The zero-order valence-corrected chi connectivity index (χ0v) is 10.6. The summed E-state index contributed by atoms with van der Waals surface area (Å²) in [6.45, 7) is -0.00608. The van der Waals surface area contributed by atoms with Crippen molar-refractivity contribution in [3.05, 3.63) is 24.3 Å². The Kier molecular flexibility index (Phi) is 3.75. The number of sulfone groups is 1. The van der Waals surface area contributed by atoms with E-state index >= 15 is 0 Å². The summed E-state index contributed by atoms with van der Waals surface area (Å²) in [6.07, 6.45) is -2.05. The van der Waals surface area contributed by atoms with Gasteiger partial charge < -0.3 is 15.1 Å². The van der Waals surface area contributed by atoms with Gasteiger partial charge in [0.05, 0.1) is 22.8 Å². The lowest BCUT2D eigenvalue weighted by Gasteiger charge is -2.21. The van der Waals surface area contributed by atoms with Crippen LogP contribution in [0.5, 0.6) is 0 Å². The fourth-order valence-electron chi connectivity index (χ4n) is 2.02. The van der Waals surface area contributed by atoms with Gasteiger partial charge in [0, 0.05) is 13.1 Å². The summed E-state index contributed by atoms with van der Waals surface area (Å²) >= 11 is 0. The summed E-state index contributed by atoms with van der Waals surface area (Å²) in [7, 11) is -4.72. The molecule has 8 heteroatoms. The molecule has 0 aromatic heterocycles. The topological polar surface area (TPSA) is 77.8 Å². The van der Waals surface area contributed by atoms with Crippen LogP contribution >= 0.6 is 0 Å². The number of nitrogens with zero attached hydrogens (tertiary/aromatic N) is 1. The van der Waals surface area contributed by atoms with Crippen molar-refractivity contribution in [2.24, 2.45) is 0 Å². The molecule has 0 bridgehead atoms. The molecule has 2 atom stereocenters. The Labute approximate surface area is 109 Å². The van der Waals surface area contributed by atoms with Crippen molar-refractivity contribution in [1.82, 2.24) is 0 Å². The third-order valence-corrected chi connectivity index (χ3v) is 4.43. The average Bonchev–Trinajstić information content (AvgIpc) is 2.69. The van der Waals surface area contributed by atoms with Crippen LogP contribution < -0.4 is 4.90 Å². The van der Waals surface area contributed by atoms with E-state index in [1.165, 1.54) is 23.1 Å². The highest BCUT2D eigenvalue weighted by atomic mass is 32.2. The second-order valence-electron chi connectivity index (χ2n) is 4.31. The van der Waals surface area contributed by atoms with Gasteiger partial charge >= 0.3 is 5.76 Å². The van der Waals surface area contributed by atoms with Crippen LogP contribution in [0.2, 0.25) is 0 Å². The van der Waals surface area contributed by atoms with Gasteiger partial charge in [-0.05, 0) is 12.1 Å². The third kappa shape index (κ3) is 2.56. The van der Waals surface area contributed by atoms with E-state index in [-0.39, 0.29) is 18.8 Å². The zero-order valence-electron chi connectivity index (χ0n) is 9.78. The lowest BCUT2D eigenvalue weighted by atomic mass is 10.3. The van der Waals surface area contributed by atoms with Crippen LogP contribution in [0.3, 0.4) is 0 Å². The molecular formula is C11H13F2NO4S. The molecule has 1 aliphatic rings. The predicted molar refractivity (Wildman–Crippen MR) is 63.9 cm³/mol. The number of anilines is 1. The Morgan fingerprint density at radius 1 is 1.16 bits per heavy atom. The predicted octanol–water partition coefficient (Wildman–Crippen LogP) is 0.225. The van der Waals surface area contributed by atoms with Crippen LogP contribution in [0.15, 0.2) is 29.2 Å². The number of hydrogen-bond acceptors (Lipinski definition) is 5. The first-order valence-corrected chi connectivity index (χ1v) is 7.11. The van der Waals surface area contributed by atoms with Crippen molar-refractivity contribution in [3.8, 4) is 0 Å². The Balaban J connectivity index is 2.44. The van der Waals surface area contributed by atoms with Crippen molar-refractivity contribution in [2.75, 3.05) is 18.0 Å². The number of alkyl halides is 2. The lowest BCUT2D eigenvalue weighted by Crippen LogP contribution is -2.24. The molecule has 0 aliphatic carbocycles. The van der Waals surface area contributed by atoms with E-state index in [4.69, 9.17) is 0 Å². The van der Waals surface area contributed by atoms with E-state index in [9.17, 15) is 27.4 Å². The number of rotatable bonds is 3. The van der Waals surface area contributed by atoms with Gasteiger partial charge in [0.1, 0.15) is 0 Å². The molecule has 19 heavy (non-hydrogen) atoms. The fraction of sp³-hybridized carbons (Fsp3) is 0.455. The van der Waals surface area contributed by atoms with Gasteiger partial charge in [-0.15, -0.1) is 0 Å². The van der Waals surface area contributed by atoms with Gasteiger partial charge in [-0.3, -0.25) is 0 Å². The molecule has 0 saturated carbocycles. The van der Waals surface area contributed by atoms with Gasteiger partial charge in [-0.1, -0.05) is 12.1 Å². The molecule has 5 nitrogen and oxygen atoms in total. The molecule has 1 aliphatic heterocycles. The van der Waals surface area contributed by atoms with E-state index in [0.29, 0.717) is 0 Å². The van der Waals surface area contributed by atoms with Gasteiger partial charge in [0.15, 0.2) is 0 Å². The SMILES string of the molecule is O=S(=O)(c1ccccc1N1CC(O)C(O)C1)C(F)F. The molecular weight excluding hydrogens is 280 g/mol. The largest absolute Gasteiger partial charge is 0.389 e. The molecule has 0 spiro atoms. The molecule has 2 unspecified atom stereocenters. The van der Waals surface area contributed by atoms with Gasteiger partial charge in [0.25, 0.3) is 0 Å². The summed E-state index contributed by atoms with van der Waals surface area (Å²) in [4.78, 5) is 0.885. The number of aliphatic hydroxyl groups is 2. The Hall–Kier alpha value is -1.25. The summed E-state index contributed by atoms with van der Waals surface area (Å²) in [5, 5.41) is 18.9. The van der Waals surface area contributed by atoms with E-state index in [1.807, 2.05) is 0 Å². The number of β-amino-alcohol motifs (C(OH)–C–C–N with tert-alkyl or cyclic N) is 2. The zero-order chi connectivity index (χ0) is 14.2. The van der Waals surface area contributed by atoms with Crippen LogP contribution in [0, 0.1) is 0 Å². The highest BCUT2D eigenvalue weighted by Gasteiger charge is 2.35. The minimum absolute atomic E-state index is 0.00304. The normalized spacial score (nSPS) is 24.2. The number of aliphatic hydroxyl groups excluding tert-OH is 2. The molecule has 1 fully saturated rings. The number of para-hydroxylation sites is 1. The molecule has 0 radical (unpaired) electrons. The summed E-state index contributed by atoms with van der Waals surface area (Å²) in [5.74, 6) is -3.51. The summed E-state index contributed by atoms with van der Waals surface area (Å²) < 4.78 is 48.4. The quantitative estimate of drug-likeness (QED) is 0.834. The van der Waals surface area contributed by atoms with Crippen LogP contribution in [0.1, 0.15) is 0 Å². The second-order valence-corrected chi connectivity index (χ2v) is 6.20. The van der Waals surface area contributed by atoms with Crippen molar-refractivity contribution in [1.29, 1.82) is 0 Å². The van der Waals surface area contributed by atoms with Crippen LogP contribution in [-0.2, 0) is 9.84 Å². The van der Waals surface area contributed by atoms with Crippen LogP contribution in [-0.4, -0.2) is 49.7 Å². The molecule has 2 rings (SSSR count). The smallest absolute Gasteiger partial charge is 0.341 e. The number of hydrogen-bond donors (Lipinski definition) is 2. The maximum absolute atomic E-state index is 12.6. The molecule has 1 aromatic carbocycles. The van der Waals surface area contributed by atoms with Crippen LogP contribution in [0.25, 0.3) is 0 Å². The molecule has 106 valence electrons. The van der Waals surface area contributed by atoms with Crippen molar-refractivity contribution < 1.29 is 27.4 Å². The minimum atomic E-state index is -4.72. The Morgan fingerprint density at radius 3 is 2.21 bits per heavy atom. The van der Waals surface area contributed by atoms with E-state index in [2.05, 4.69) is 0 Å². The van der Waals surface area contributed by atoms with Crippen molar-refractivity contribution in [3.63, 3.8) is 0 Å². The monoisotopic (exact) mass is 293 g/mol. The standard InChI is InChI=1S/C11H13F2NO4S/c12-11(13)19(17,18)10-4-2-1-3-7(10)14-5-8(15)9(16)6-14/h1-4,8-9,11,15-16H,5-6H2. The van der Waals surface area contributed by atoms with Crippen molar-refractivity contribution >= 4 is 15.5 Å². The minimum Gasteiger partial charge on any atom is -0.389 e. The highest BCUT2D eigenvalue weighted by molar-refractivity contribution is 7.91. The van der Waals surface area contributed by atoms with E-state index < -0.39 is 32.7 Å². The van der Waals surface area contributed by atoms with E-state index in [1.54, 1.807) is 0 Å². The van der Waals surface area contributed by atoms with Crippen molar-refractivity contribution in [2.45, 2.75) is 22.9 Å². The third-order valence-electron chi connectivity index (χ3n) is 3.01. The first-order valence-electron chi connectivity index (χ1n) is 5.56. The van der Waals surface area contributed by atoms with Gasteiger partial charge in [-0.2, -0.15) is 8.78 Å². The van der Waals surface area contributed by atoms with Gasteiger partial charge in [-0.25, -0.2) is 8.42 Å². The molecule has 1 saturated heterocycles. The molecule has 0 amide bonds. The second kappa shape index (κ2) is 5.03. The highest BCUT2D eigenvalue weighted by Crippen LogP contribution is 2.31. The van der Waals surface area contributed by atoms with Gasteiger partial charge in [0.2, 0.25) is 9.84 Å². The lowest BCUT2D eigenvalue weighted by molar-refractivity contribution is 0.0572. The maximum atomic E-state index is 12.6. The first-order chi connectivity index (χ1) is 8.84.